The van der Waals surface area contributed by atoms with Crippen LogP contribution in [0, 0.1) is 21.7 Å². The molecule has 0 fully saturated rings. The molecule has 110 valence electrons. The van der Waals surface area contributed by atoms with Gasteiger partial charge in [-0.1, -0.05) is 15.9 Å². The molecule has 0 amide bonds. The van der Waals surface area contributed by atoms with Gasteiger partial charge in [0.1, 0.15) is 11.6 Å². The van der Waals surface area contributed by atoms with E-state index < -0.39 is 16.6 Å². The van der Waals surface area contributed by atoms with Gasteiger partial charge in [0.05, 0.1) is 15.1 Å². The van der Waals surface area contributed by atoms with E-state index in [-0.39, 0.29) is 22.4 Å². The molecule has 0 saturated carbocycles. The fourth-order valence-electron chi connectivity index (χ4n) is 1.70. The van der Waals surface area contributed by atoms with Crippen LogP contribution in [0.1, 0.15) is 5.56 Å². The summed E-state index contributed by atoms with van der Waals surface area (Å²) in [5.74, 6) is -1.43. The minimum Gasteiger partial charge on any atom is -0.379 e. The van der Waals surface area contributed by atoms with Crippen LogP contribution in [-0.4, -0.2) is 4.92 Å². The fourth-order valence-corrected chi connectivity index (χ4v) is 2.57. The van der Waals surface area contributed by atoms with Crippen molar-refractivity contribution >= 4 is 43.2 Å². The molecule has 1 N–H and O–H groups in total. The van der Waals surface area contributed by atoms with Crippen LogP contribution in [0.3, 0.4) is 0 Å². The van der Waals surface area contributed by atoms with Gasteiger partial charge < -0.3 is 5.32 Å². The standard InChI is InChI=1S/C13H8Br2F2N2O2/c14-8-1-7(2-9(3-8)19(20)21)6-18-13-4-10(15)11(16)5-12(13)17/h1-5,18H,6H2. The highest BCUT2D eigenvalue weighted by atomic mass is 79.9. The fraction of sp³-hybridized carbons (Fsp3) is 0.0769. The van der Waals surface area contributed by atoms with E-state index in [1.165, 1.54) is 18.2 Å². The van der Waals surface area contributed by atoms with Crippen LogP contribution < -0.4 is 5.32 Å². The summed E-state index contributed by atoms with van der Waals surface area (Å²) in [6, 6.07) is 6.47. The summed E-state index contributed by atoms with van der Waals surface area (Å²) >= 11 is 6.15. The zero-order valence-electron chi connectivity index (χ0n) is 10.4. The third kappa shape index (κ3) is 3.98. The van der Waals surface area contributed by atoms with E-state index in [9.17, 15) is 18.9 Å². The minimum absolute atomic E-state index is 0.0677. The first-order valence-electron chi connectivity index (χ1n) is 5.69. The second kappa shape index (κ2) is 6.48. The van der Waals surface area contributed by atoms with Crippen molar-refractivity contribution < 1.29 is 13.7 Å². The minimum atomic E-state index is -0.736. The molecule has 4 nitrogen and oxygen atoms in total. The molecule has 0 heterocycles. The van der Waals surface area contributed by atoms with Crippen molar-refractivity contribution in [2.75, 3.05) is 5.32 Å². The SMILES string of the molecule is O=[N+]([O-])c1cc(Br)cc(CNc2cc(Br)c(F)cc2F)c1. The van der Waals surface area contributed by atoms with Crippen molar-refractivity contribution in [1.82, 2.24) is 0 Å². The summed E-state index contributed by atoms with van der Waals surface area (Å²) in [5.41, 5.74) is 0.628. The summed E-state index contributed by atoms with van der Waals surface area (Å²) < 4.78 is 27.4. The van der Waals surface area contributed by atoms with Gasteiger partial charge in [-0.2, -0.15) is 0 Å². The lowest BCUT2D eigenvalue weighted by Gasteiger charge is -2.09. The molecule has 21 heavy (non-hydrogen) atoms. The van der Waals surface area contributed by atoms with Crippen molar-refractivity contribution in [3.8, 4) is 0 Å². The first-order valence-corrected chi connectivity index (χ1v) is 7.27. The van der Waals surface area contributed by atoms with Gasteiger partial charge in [0.2, 0.25) is 0 Å². The normalized spacial score (nSPS) is 10.5. The molecule has 0 unspecified atom stereocenters. The van der Waals surface area contributed by atoms with Gasteiger partial charge in [0.15, 0.2) is 0 Å². The summed E-state index contributed by atoms with van der Waals surface area (Å²) in [7, 11) is 0. The van der Waals surface area contributed by atoms with Gasteiger partial charge in [-0.15, -0.1) is 0 Å². The number of hydrogen-bond donors (Lipinski definition) is 1. The maximum Gasteiger partial charge on any atom is 0.270 e. The molecular formula is C13H8Br2F2N2O2. The smallest absolute Gasteiger partial charge is 0.270 e. The molecular weight excluding hydrogens is 414 g/mol. The molecule has 8 heteroatoms. The highest BCUT2D eigenvalue weighted by molar-refractivity contribution is 9.10. The van der Waals surface area contributed by atoms with Crippen molar-refractivity contribution in [3.63, 3.8) is 0 Å². The zero-order valence-corrected chi connectivity index (χ0v) is 13.5. The molecule has 0 bridgehead atoms. The Balaban J connectivity index is 2.20. The van der Waals surface area contributed by atoms with Crippen molar-refractivity contribution in [2.24, 2.45) is 0 Å². The van der Waals surface area contributed by atoms with Gasteiger partial charge in [-0.05, 0) is 33.6 Å². The Morgan fingerprint density at radius 2 is 1.81 bits per heavy atom. The summed E-state index contributed by atoms with van der Waals surface area (Å²) in [6.45, 7) is 0.162. The number of benzene rings is 2. The molecule has 0 radical (unpaired) electrons. The Labute approximate surface area is 135 Å². The molecule has 0 aliphatic carbocycles. The lowest BCUT2D eigenvalue weighted by Crippen LogP contribution is -2.03. The number of halogens is 4. The first kappa shape index (κ1) is 15.8. The Bertz CT molecular complexity index is 711. The van der Waals surface area contributed by atoms with Crippen LogP contribution in [0.4, 0.5) is 20.2 Å². The van der Waals surface area contributed by atoms with Gasteiger partial charge in [-0.25, -0.2) is 8.78 Å². The van der Waals surface area contributed by atoms with E-state index in [2.05, 4.69) is 37.2 Å². The number of nitrogens with zero attached hydrogens (tertiary/aromatic N) is 1. The molecule has 0 aliphatic heterocycles. The van der Waals surface area contributed by atoms with Gasteiger partial charge >= 0.3 is 0 Å². The predicted molar refractivity (Wildman–Crippen MR) is 82.2 cm³/mol. The maximum atomic E-state index is 13.6. The van der Waals surface area contributed by atoms with E-state index in [0.717, 1.165) is 6.07 Å². The monoisotopic (exact) mass is 420 g/mol. The Morgan fingerprint density at radius 3 is 2.48 bits per heavy atom. The number of nitro benzene ring substituents is 1. The van der Waals surface area contributed by atoms with Crippen molar-refractivity contribution in [2.45, 2.75) is 6.54 Å². The van der Waals surface area contributed by atoms with Gasteiger partial charge in [-0.3, -0.25) is 10.1 Å². The van der Waals surface area contributed by atoms with Crippen molar-refractivity contribution in [1.29, 1.82) is 0 Å². The molecule has 2 aromatic rings. The number of anilines is 1. The van der Waals surface area contributed by atoms with Crippen LogP contribution in [-0.2, 0) is 6.54 Å². The number of non-ortho nitro benzene ring substituents is 1. The average molecular weight is 422 g/mol. The van der Waals surface area contributed by atoms with Crippen LogP contribution in [0.2, 0.25) is 0 Å². The summed E-state index contributed by atoms with van der Waals surface area (Å²) in [4.78, 5) is 10.3. The number of nitro groups is 1. The highest BCUT2D eigenvalue weighted by Gasteiger charge is 2.11. The van der Waals surface area contributed by atoms with Crippen LogP contribution in [0.25, 0.3) is 0 Å². The van der Waals surface area contributed by atoms with Crippen LogP contribution >= 0.6 is 31.9 Å². The quantitative estimate of drug-likeness (QED) is 0.429. The van der Waals surface area contributed by atoms with Crippen LogP contribution in [0.15, 0.2) is 39.3 Å². The Kier molecular flexibility index (Phi) is 4.89. The third-order valence-electron chi connectivity index (χ3n) is 2.65. The molecule has 0 spiro atoms. The first-order chi connectivity index (χ1) is 9.86. The third-order valence-corrected chi connectivity index (χ3v) is 3.71. The summed E-state index contributed by atoms with van der Waals surface area (Å²) in [6.07, 6.45) is 0. The lowest BCUT2D eigenvalue weighted by atomic mass is 10.2. The number of rotatable bonds is 4. The highest BCUT2D eigenvalue weighted by Crippen LogP contribution is 2.25. The molecule has 0 saturated heterocycles. The molecule has 2 rings (SSSR count). The molecule has 2 aromatic carbocycles. The lowest BCUT2D eigenvalue weighted by molar-refractivity contribution is -0.385. The second-order valence-electron chi connectivity index (χ2n) is 4.17. The summed E-state index contributed by atoms with van der Waals surface area (Å²) in [5, 5.41) is 13.5. The van der Waals surface area contributed by atoms with E-state index in [0.29, 0.717) is 10.0 Å². The number of hydrogen-bond acceptors (Lipinski definition) is 3. The van der Waals surface area contributed by atoms with Crippen molar-refractivity contribution in [3.05, 3.63) is 66.6 Å². The zero-order chi connectivity index (χ0) is 15.6. The van der Waals surface area contributed by atoms with E-state index in [4.69, 9.17) is 0 Å². The number of nitrogens with one attached hydrogen (secondary N) is 1. The Hall–Kier alpha value is -1.54. The Morgan fingerprint density at radius 1 is 1.10 bits per heavy atom. The van der Waals surface area contributed by atoms with E-state index in [1.54, 1.807) is 6.07 Å². The molecule has 0 aliphatic rings. The average Bonchev–Trinajstić information content (AvgIpc) is 2.40. The molecule has 0 aromatic heterocycles. The van der Waals surface area contributed by atoms with Gasteiger partial charge in [0, 0.05) is 29.2 Å². The largest absolute Gasteiger partial charge is 0.379 e. The van der Waals surface area contributed by atoms with Gasteiger partial charge in [0.25, 0.3) is 5.69 Å². The molecule has 0 atom stereocenters. The predicted octanol–water partition coefficient (Wildman–Crippen LogP) is 5.01. The maximum absolute atomic E-state index is 13.6. The van der Waals surface area contributed by atoms with Crippen LogP contribution in [0.5, 0.6) is 0 Å². The van der Waals surface area contributed by atoms with E-state index >= 15 is 0 Å². The topological polar surface area (TPSA) is 55.2 Å². The second-order valence-corrected chi connectivity index (χ2v) is 5.94. The van der Waals surface area contributed by atoms with E-state index in [1.807, 2.05) is 0 Å².